The maximum Gasteiger partial charge on any atom is 0.309 e. The van der Waals surface area contributed by atoms with Crippen LogP contribution in [0, 0.1) is 17.0 Å². The molecule has 0 saturated heterocycles. The molecule has 0 bridgehead atoms. The average Bonchev–Trinajstić information content (AvgIpc) is 2.31. The Kier molecular flexibility index (Phi) is 5.05. The van der Waals surface area contributed by atoms with Gasteiger partial charge in [0, 0.05) is 12.1 Å². The minimum Gasteiger partial charge on any atom is -0.466 e. The van der Waals surface area contributed by atoms with Gasteiger partial charge in [0.15, 0.2) is 0 Å². The second-order valence-electron chi connectivity index (χ2n) is 3.71. The van der Waals surface area contributed by atoms with Gasteiger partial charge in [0.25, 0.3) is 5.69 Å². The normalized spacial score (nSPS) is 10.6. The van der Waals surface area contributed by atoms with E-state index in [1.807, 2.05) is 0 Å². The molecule has 0 fully saturated rings. The number of nitro benzene ring substituents is 1. The van der Waals surface area contributed by atoms with E-state index in [9.17, 15) is 14.9 Å². The standard InChI is InChI=1S/C13H15NO4/c1-3-18-13(15)6-4-5-11-7-8-12(14(16)17)9-10(11)2/h4-5,7-9H,3,6H2,1-2H3. The molecule has 0 aromatic heterocycles. The Labute approximate surface area is 105 Å². The van der Waals surface area contributed by atoms with E-state index in [0.29, 0.717) is 6.61 Å². The van der Waals surface area contributed by atoms with Crippen molar-refractivity contribution < 1.29 is 14.5 Å². The second kappa shape index (κ2) is 6.54. The maximum atomic E-state index is 11.1. The molecule has 0 aliphatic heterocycles. The number of benzene rings is 1. The number of carbonyl (C=O) groups is 1. The van der Waals surface area contributed by atoms with Gasteiger partial charge in [0.1, 0.15) is 0 Å². The summed E-state index contributed by atoms with van der Waals surface area (Å²) in [5.74, 6) is -0.284. The van der Waals surface area contributed by atoms with Crippen LogP contribution < -0.4 is 0 Å². The third-order valence-corrected chi connectivity index (χ3v) is 2.35. The summed E-state index contributed by atoms with van der Waals surface area (Å²) in [6, 6.07) is 4.61. The topological polar surface area (TPSA) is 69.4 Å². The molecule has 0 aliphatic rings. The van der Waals surface area contributed by atoms with Crippen molar-refractivity contribution in [1.29, 1.82) is 0 Å². The third-order valence-electron chi connectivity index (χ3n) is 2.35. The largest absolute Gasteiger partial charge is 0.466 e. The fourth-order valence-electron chi connectivity index (χ4n) is 1.46. The molecule has 0 aliphatic carbocycles. The van der Waals surface area contributed by atoms with Crippen LogP contribution in [0.2, 0.25) is 0 Å². The SMILES string of the molecule is CCOC(=O)CC=Cc1ccc([N+](=O)[O-])cc1C. The summed E-state index contributed by atoms with van der Waals surface area (Å²) in [5.41, 5.74) is 1.71. The maximum absolute atomic E-state index is 11.1. The Morgan fingerprint density at radius 2 is 2.22 bits per heavy atom. The van der Waals surface area contributed by atoms with E-state index in [2.05, 4.69) is 0 Å². The van der Waals surface area contributed by atoms with Crippen LogP contribution in [0.1, 0.15) is 24.5 Å². The first-order valence-corrected chi connectivity index (χ1v) is 5.61. The van der Waals surface area contributed by atoms with E-state index in [1.165, 1.54) is 12.1 Å². The molecule has 1 aromatic rings. The lowest BCUT2D eigenvalue weighted by molar-refractivity contribution is -0.384. The molecule has 96 valence electrons. The molecule has 0 N–H and O–H groups in total. The van der Waals surface area contributed by atoms with Crippen molar-refractivity contribution >= 4 is 17.7 Å². The summed E-state index contributed by atoms with van der Waals surface area (Å²) in [6.45, 7) is 3.91. The Morgan fingerprint density at radius 3 is 2.78 bits per heavy atom. The van der Waals surface area contributed by atoms with Crippen LogP contribution in [-0.4, -0.2) is 17.5 Å². The van der Waals surface area contributed by atoms with E-state index in [0.717, 1.165) is 11.1 Å². The Morgan fingerprint density at radius 1 is 1.50 bits per heavy atom. The first kappa shape index (κ1) is 13.9. The second-order valence-corrected chi connectivity index (χ2v) is 3.71. The van der Waals surface area contributed by atoms with Gasteiger partial charge in [-0.15, -0.1) is 0 Å². The lowest BCUT2D eigenvalue weighted by atomic mass is 10.1. The van der Waals surface area contributed by atoms with Gasteiger partial charge in [-0.2, -0.15) is 0 Å². The predicted octanol–water partition coefficient (Wildman–Crippen LogP) is 2.87. The van der Waals surface area contributed by atoms with E-state index < -0.39 is 4.92 Å². The summed E-state index contributed by atoms with van der Waals surface area (Å²) in [4.78, 5) is 21.2. The van der Waals surface area contributed by atoms with Crippen LogP contribution in [0.5, 0.6) is 0 Å². The number of nitrogens with zero attached hydrogens (tertiary/aromatic N) is 1. The molecule has 0 atom stereocenters. The number of esters is 1. The minimum atomic E-state index is -0.431. The summed E-state index contributed by atoms with van der Waals surface area (Å²) in [7, 11) is 0. The molecule has 5 nitrogen and oxygen atoms in total. The van der Waals surface area contributed by atoms with Gasteiger partial charge >= 0.3 is 5.97 Å². The minimum absolute atomic E-state index is 0.0649. The van der Waals surface area contributed by atoms with Crippen molar-refractivity contribution in [1.82, 2.24) is 0 Å². The van der Waals surface area contributed by atoms with Crippen LogP contribution in [0.15, 0.2) is 24.3 Å². The Hall–Kier alpha value is -2.17. The Balaban J connectivity index is 2.71. The first-order chi connectivity index (χ1) is 8.54. The lowest BCUT2D eigenvalue weighted by Crippen LogP contribution is -2.01. The summed E-state index contributed by atoms with van der Waals surface area (Å²) in [6.07, 6.45) is 3.65. The van der Waals surface area contributed by atoms with Crippen LogP contribution in [0.3, 0.4) is 0 Å². The van der Waals surface area contributed by atoms with Gasteiger partial charge in [-0.1, -0.05) is 12.2 Å². The number of carbonyl (C=O) groups excluding carboxylic acids is 1. The van der Waals surface area contributed by atoms with Gasteiger partial charge in [0.05, 0.1) is 18.0 Å². The quantitative estimate of drug-likeness (QED) is 0.457. The molecule has 0 heterocycles. The molecular formula is C13H15NO4. The van der Waals surface area contributed by atoms with Crippen LogP contribution in [0.4, 0.5) is 5.69 Å². The predicted molar refractivity (Wildman–Crippen MR) is 68.1 cm³/mol. The van der Waals surface area contributed by atoms with Crippen molar-refractivity contribution in [2.45, 2.75) is 20.3 Å². The fraction of sp³-hybridized carbons (Fsp3) is 0.308. The monoisotopic (exact) mass is 249 g/mol. The zero-order valence-electron chi connectivity index (χ0n) is 10.4. The number of aryl methyl sites for hydroxylation is 1. The average molecular weight is 249 g/mol. The van der Waals surface area contributed by atoms with Gasteiger partial charge in [-0.05, 0) is 31.0 Å². The summed E-state index contributed by atoms with van der Waals surface area (Å²) >= 11 is 0. The Bertz CT molecular complexity index is 480. The zero-order chi connectivity index (χ0) is 13.5. The molecule has 0 amide bonds. The molecule has 1 aromatic carbocycles. The van der Waals surface area contributed by atoms with Crippen LogP contribution in [0.25, 0.3) is 6.08 Å². The van der Waals surface area contributed by atoms with E-state index in [-0.39, 0.29) is 18.1 Å². The molecule has 0 radical (unpaired) electrons. The van der Waals surface area contributed by atoms with E-state index in [4.69, 9.17) is 4.74 Å². The zero-order valence-corrected chi connectivity index (χ0v) is 10.4. The van der Waals surface area contributed by atoms with Gasteiger partial charge in [0.2, 0.25) is 0 Å². The van der Waals surface area contributed by atoms with Crippen molar-refractivity contribution in [3.8, 4) is 0 Å². The van der Waals surface area contributed by atoms with Crippen molar-refractivity contribution in [2.24, 2.45) is 0 Å². The number of hydrogen-bond donors (Lipinski definition) is 0. The lowest BCUT2D eigenvalue weighted by Gasteiger charge is -2.00. The van der Waals surface area contributed by atoms with E-state index >= 15 is 0 Å². The molecule has 0 spiro atoms. The highest BCUT2D eigenvalue weighted by Gasteiger charge is 2.06. The third kappa shape index (κ3) is 4.01. The highest BCUT2D eigenvalue weighted by Crippen LogP contribution is 2.18. The number of nitro groups is 1. The first-order valence-electron chi connectivity index (χ1n) is 5.61. The smallest absolute Gasteiger partial charge is 0.309 e. The molecule has 18 heavy (non-hydrogen) atoms. The van der Waals surface area contributed by atoms with Crippen LogP contribution >= 0.6 is 0 Å². The molecular weight excluding hydrogens is 234 g/mol. The highest BCUT2D eigenvalue weighted by atomic mass is 16.6. The number of non-ortho nitro benzene ring substituents is 1. The van der Waals surface area contributed by atoms with Crippen molar-refractivity contribution in [2.75, 3.05) is 6.61 Å². The summed E-state index contributed by atoms with van der Waals surface area (Å²) in [5, 5.41) is 10.6. The van der Waals surface area contributed by atoms with Crippen molar-refractivity contribution in [3.05, 3.63) is 45.5 Å². The number of hydrogen-bond acceptors (Lipinski definition) is 4. The van der Waals surface area contributed by atoms with Gasteiger partial charge in [-0.3, -0.25) is 14.9 Å². The summed E-state index contributed by atoms with van der Waals surface area (Å²) < 4.78 is 4.78. The highest BCUT2D eigenvalue weighted by molar-refractivity contribution is 5.73. The number of ether oxygens (including phenoxy) is 1. The number of rotatable bonds is 5. The van der Waals surface area contributed by atoms with Crippen LogP contribution in [-0.2, 0) is 9.53 Å². The molecule has 5 heteroatoms. The van der Waals surface area contributed by atoms with Gasteiger partial charge in [-0.25, -0.2) is 0 Å². The van der Waals surface area contributed by atoms with E-state index in [1.54, 1.807) is 32.1 Å². The molecule has 1 rings (SSSR count). The van der Waals surface area contributed by atoms with Gasteiger partial charge < -0.3 is 4.74 Å². The molecule has 0 saturated carbocycles. The molecule has 0 unspecified atom stereocenters. The van der Waals surface area contributed by atoms with Crippen molar-refractivity contribution in [3.63, 3.8) is 0 Å². The fourth-order valence-corrected chi connectivity index (χ4v) is 1.46.